The molecule has 0 amide bonds. The first kappa shape index (κ1) is 12.3. The molecule has 0 bridgehead atoms. The van der Waals surface area contributed by atoms with E-state index in [1.807, 2.05) is 13.8 Å². The van der Waals surface area contributed by atoms with Gasteiger partial charge in [-0.1, -0.05) is 13.0 Å². The Bertz CT molecular complexity index is 569. The summed E-state index contributed by atoms with van der Waals surface area (Å²) in [6.07, 6.45) is 0.677. The van der Waals surface area contributed by atoms with Crippen molar-refractivity contribution < 1.29 is 4.39 Å². The van der Waals surface area contributed by atoms with Crippen LogP contribution in [0.1, 0.15) is 18.3 Å². The van der Waals surface area contributed by atoms with Crippen molar-refractivity contribution >= 4 is 17.3 Å². The van der Waals surface area contributed by atoms with Gasteiger partial charge >= 0.3 is 0 Å². The fourth-order valence-corrected chi connectivity index (χ4v) is 1.61. The SMILES string of the molecule is CCc1nc(N)cc(Nc2cc(C)ccc2F)n1. The van der Waals surface area contributed by atoms with E-state index in [4.69, 9.17) is 5.73 Å². The Morgan fingerprint density at radius 2 is 2.06 bits per heavy atom. The maximum atomic E-state index is 13.6. The number of nitrogens with one attached hydrogen (secondary N) is 1. The molecule has 0 aliphatic carbocycles. The second-order valence-corrected chi connectivity index (χ2v) is 4.06. The van der Waals surface area contributed by atoms with E-state index in [0.717, 1.165) is 5.56 Å². The van der Waals surface area contributed by atoms with E-state index in [2.05, 4.69) is 15.3 Å². The molecule has 1 aromatic carbocycles. The number of aryl methyl sites for hydroxylation is 2. The number of benzene rings is 1. The van der Waals surface area contributed by atoms with Gasteiger partial charge in [0.05, 0.1) is 5.69 Å². The van der Waals surface area contributed by atoms with Gasteiger partial charge in [0.1, 0.15) is 23.3 Å². The third-order valence-corrected chi connectivity index (χ3v) is 2.49. The van der Waals surface area contributed by atoms with Crippen molar-refractivity contribution in [3.05, 3.63) is 41.5 Å². The fourth-order valence-electron chi connectivity index (χ4n) is 1.61. The van der Waals surface area contributed by atoms with E-state index in [1.165, 1.54) is 6.07 Å². The van der Waals surface area contributed by atoms with Crippen molar-refractivity contribution in [3.63, 3.8) is 0 Å². The number of nitrogen functional groups attached to an aromatic ring is 1. The van der Waals surface area contributed by atoms with Crippen molar-refractivity contribution in [2.45, 2.75) is 20.3 Å². The predicted molar refractivity (Wildman–Crippen MR) is 70.2 cm³/mol. The first-order chi connectivity index (χ1) is 8.58. The van der Waals surface area contributed by atoms with Crippen LogP contribution in [0.3, 0.4) is 0 Å². The normalized spacial score (nSPS) is 10.4. The minimum Gasteiger partial charge on any atom is -0.384 e. The van der Waals surface area contributed by atoms with E-state index in [-0.39, 0.29) is 5.82 Å². The lowest BCUT2D eigenvalue weighted by Crippen LogP contribution is -2.03. The molecule has 2 aromatic rings. The summed E-state index contributed by atoms with van der Waals surface area (Å²) in [7, 11) is 0. The van der Waals surface area contributed by atoms with Crippen molar-refractivity contribution in [1.82, 2.24) is 9.97 Å². The number of nitrogens with two attached hydrogens (primary N) is 1. The van der Waals surface area contributed by atoms with Gasteiger partial charge in [-0.25, -0.2) is 14.4 Å². The van der Waals surface area contributed by atoms with Crippen LogP contribution < -0.4 is 11.1 Å². The third-order valence-electron chi connectivity index (χ3n) is 2.49. The molecule has 0 aliphatic heterocycles. The number of hydrogen-bond donors (Lipinski definition) is 2. The van der Waals surface area contributed by atoms with Crippen LogP contribution in [0.4, 0.5) is 21.7 Å². The summed E-state index contributed by atoms with van der Waals surface area (Å²) < 4.78 is 13.6. The highest BCUT2D eigenvalue weighted by Crippen LogP contribution is 2.20. The van der Waals surface area contributed by atoms with Crippen molar-refractivity contribution in [2.75, 3.05) is 11.1 Å². The molecule has 0 saturated carbocycles. The van der Waals surface area contributed by atoms with Gasteiger partial charge in [0, 0.05) is 12.5 Å². The molecule has 1 aromatic heterocycles. The lowest BCUT2D eigenvalue weighted by molar-refractivity contribution is 0.631. The average molecular weight is 246 g/mol. The Balaban J connectivity index is 2.33. The molecule has 0 atom stereocenters. The molecule has 2 rings (SSSR count). The van der Waals surface area contributed by atoms with Crippen molar-refractivity contribution in [2.24, 2.45) is 0 Å². The van der Waals surface area contributed by atoms with E-state index in [1.54, 1.807) is 18.2 Å². The molecule has 0 aliphatic rings. The van der Waals surface area contributed by atoms with Crippen LogP contribution in [-0.2, 0) is 6.42 Å². The quantitative estimate of drug-likeness (QED) is 0.874. The Hall–Kier alpha value is -2.17. The largest absolute Gasteiger partial charge is 0.384 e. The van der Waals surface area contributed by atoms with E-state index in [9.17, 15) is 4.39 Å². The lowest BCUT2D eigenvalue weighted by Gasteiger charge is -2.09. The molecule has 0 radical (unpaired) electrons. The first-order valence-electron chi connectivity index (χ1n) is 5.75. The van der Waals surface area contributed by atoms with Crippen LogP contribution in [0.15, 0.2) is 24.3 Å². The van der Waals surface area contributed by atoms with Crippen molar-refractivity contribution in [3.8, 4) is 0 Å². The molecule has 94 valence electrons. The van der Waals surface area contributed by atoms with E-state index < -0.39 is 0 Å². The summed E-state index contributed by atoms with van der Waals surface area (Å²) in [4.78, 5) is 8.32. The highest BCUT2D eigenvalue weighted by molar-refractivity contribution is 5.59. The molecule has 18 heavy (non-hydrogen) atoms. The Morgan fingerprint density at radius 3 is 2.78 bits per heavy atom. The number of aromatic nitrogens is 2. The summed E-state index contributed by atoms with van der Waals surface area (Å²) in [5.74, 6) is 1.18. The van der Waals surface area contributed by atoms with Crippen LogP contribution in [-0.4, -0.2) is 9.97 Å². The van der Waals surface area contributed by atoms with Gasteiger partial charge in [0.15, 0.2) is 0 Å². The Labute approximate surface area is 105 Å². The van der Waals surface area contributed by atoms with Gasteiger partial charge in [0.25, 0.3) is 0 Å². The van der Waals surface area contributed by atoms with E-state index in [0.29, 0.717) is 29.6 Å². The molecular formula is C13H15FN4. The molecule has 0 unspecified atom stereocenters. The summed E-state index contributed by atoms with van der Waals surface area (Å²) in [5, 5.41) is 2.92. The molecule has 5 heteroatoms. The van der Waals surface area contributed by atoms with Gasteiger partial charge in [0.2, 0.25) is 0 Å². The zero-order valence-electron chi connectivity index (χ0n) is 10.4. The summed E-state index contributed by atoms with van der Waals surface area (Å²) in [6, 6.07) is 6.44. The number of halogens is 1. The van der Waals surface area contributed by atoms with Crippen LogP contribution in [0, 0.1) is 12.7 Å². The lowest BCUT2D eigenvalue weighted by atomic mass is 10.2. The molecule has 4 nitrogen and oxygen atoms in total. The first-order valence-corrected chi connectivity index (χ1v) is 5.75. The van der Waals surface area contributed by atoms with Crippen LogP contribution in [0.25, 0.3) is 0 Å². The number of anilines is 3. The standard InChI is InChI=1S/C13H15FN4/c1-3-12-17-11(15)7-13(18-12)16-10-6-8(2)4-5-9(10)14/h4-7H,3H2,1-2H3,(H3,15,16,17,18). The number of rotatable bonds is 3. The zero-order chi connectivity index (χ0) is 13.1. The van der Waals surface area contributed by atoms with Crippen LogP contribution >= 0.6 is 0 Å². The highest BCUT2D eigenvalue weighted by Gasteiger charge is 2.05. The van der Waals surface area contributed by atoms with Crippen LogP contribution in [0.5, 0.6) is 0 Å². The third kappa shape index (κ3) is 2.74. The number of nitrogens with zero attached hydrogens (tertiary/aromatic N) is 2. The van der Waals surface area contributed by atoms with Gasteiger partial charge < -0.3 is 11.1 Å². The topological polar surface area (TPSA) is 63.8 Å². The summed E-state index contributed by atoms with van der Waals surface area (Å²) in [5.41, 5.74) is 7.03. The minimum atomic E-state index is -0.323. The Morgan fingerprint density at radius 1 is 1.28 bits per heavy atom. The Kier molecular flexibility index (Phi) is 3.41. The van der Waals surface area contributed by atoms with Gasteiger partial charge in [-0.15, -0.1) is 0 Å². The number of hydrogen-bond acceptors (Lipinski definition) is 4. The minimum absolute atomic E-state index is 0.323. The van der Waals surface area contributed by atoms with Gasteiger partial charge in [-0.3, -0.25) is 0 Å². The second kappa shape index (κ2) is 5.00. The molecule has 1 heterocycles. The molecule has 0 saturated heterocycles. The fraction of sp³-hybridized carbons (Fsp3) is 0.231. The smallest absolute Gasteiger partial charge is 0.146 e. The van der Waals surface area contributed by atoms with E-state index >= 15 is 0 Å². The zero-order valence-corrected chi connectivity index (χ0v) is 10.4. The predicted octanol–water partition coefficient (Wildman–Crippen LogP) is 2.81. The molecule has 3 N–H and O–H groups in total. The van der Waals surface area contributed by atoms with Gasteiger partial charge in [-0.05, 0) is 24.6 Å². The van der Waals surface area contributed by atoms with Crippen molar-refractivity contribution in [1.29, 1.82) is 0 Å². The summed E-state index contributed by atoms with van der Waals surface area (Å²) >= 11 is 0. The summed E-state index contributed by atoms with van der Waals surface area (Å²) in [6.45, 7) is 3.84. The average Bonchev–Trinajstić information content (AvgIpc) is 2.33. The maximum Gasteiger partial charge on any atom is 0.146 e. The molecular weight excluding hydrogens is 231 g/mol. The van der Waals surface area contributed by atoms with Gasteiger partial charge in [-0.2, -0.15) is 0 Å². The highest BCUT2D eigenvalue weighted by atomic mass is 19.1. The molecule has 0 fully saturated rings. The van der Waals surface area contributed by atoms with Crippen LogP contribution in [0.2, 0.25) is 0 Å². The maximum absolute atomic E-state index is 13.6. The second-order valence-electron chi connectivity index (χ2n) is 4.06. The monoisotopic (exact) mass is 246 g/mol. The molecule has 0 spiro atoms.